The van der Waals surface area contributed by atoms with Gasteiger partial charge >= 0.3 is 17.8 Å². The van der Waals surface area contributed by atoms with Gasteiger partial charge in [0, 0.05) is 11.3 Å². The summed E-state index contributed by atoms with van der Waals surface area (Å²) >= 11 is 1.09. The molecule has 4 amide bonds. The maximum Gasteiger partial charge on any atom is 0.344 e. The van der Waals surface area contributed by atoms with Crippen molar-refractivity contribution in [3.8, 4) is 0 Å². The SMILES string of the molecule is CCCN1C(=O)C(=O)N(SC(C)(C)C)C1=O. The molecule has 1 fully saturated rings. The summed E-state index contributed by atoms with van der Waals surface area (Å²) in [6, 6.07) is -0.517. The number of carbonyl (C=O) groups is 3. The lowest BCUT2D eigenvalue weighted by Gasteiger charge is -2.22. The van der Waals surface area contributed by atoms with Crippen molar-refractivity contribution in [1.82, 2.24) is 9.21 Å². The fourth-order valence-electron chi connectivity index (χ4n) is 1.26. The summed E-state index contributed by atoms with van der Waals surface area (Å²) in [6.45, 7) is 7.79. The largest absolute Gasteiger partial charge is 0.344 e. The molecule has 16 heavy (non-hydrogen) atoms. The number of hydrogen-bond donors (Lipinski definition) is 0. The maximum atomic E-state index is 11.8. The Kier molecular flexibility index (Phi) is 3.62. The maximum absolute atomic E-state index is 11.8. The highest BCUT2D eigenvalue weighted by Gasteiger charge is 2.46. The Morgan fingerprint density at radius 2 is 1.69 bits per heavy atom. The second-order valence-corrected chi connectivity index (χ2v) is 6.32. The van der Waals surface area contributed by atoms with Gasteiger partial charge in [-0.1, -0.05) is 6.92 Å². The average Bonchev–Trinajstić information content (AvgIpc) is 2.33. The molecule has 1 saturated heterocycles. The first-order valence-corrected chi connectivity index (χ1v) is 5.94. The van der Waals surface area contributed by atoms with E-state index in [2.05, 4.69) is 0 Å². The summed E-state index contributed by atoms with van der Waals surface area (Å²) in [4.78, 5) is 35.9. The highest BCUT2D eigenvalue weighted by atomic mass is 32.2. The molecule has 0 aromatic heterocycles. The molecule has 0 aromatic carbocycles. The third-order valence-corrected chi connectivity index (χ3v) is 2.88. The minimum Gasteiger partial charge on any atom is -0.263 e. The molecule has 1 aliphatic heterocycles. The summed E-state index contributed by atoms with van der Waals surface area (Å²) in [5, 5.41) is 0. The topological polar surface area (TPSA) is 57.7 Å². The quantitative estimate of drug-likeness (QED) is 0.430. The number of imide groups is 2. The van der Waals surface area contributed by atoms with Crippen LogP contribution >= 0.6 is 11.9 Å². The lowest BCUT2D eigenvalue weighted by molar-refractivity contribution is -0.141. The van der Waals surface area contributed by atoms with Gasteiger partial charge < -0.3 is 0 Å². The lowest BCUT2D eigenvalue weighted by atomic mass is 10.3. The molecule has 6 heteroatoms. The molecule has 1 rings (SSSR count). The van der Waals surface area contributed by atoms with Gasteiger partial charge in [0.25, 0.3) is 0 Å². The second-order valence-electron chi connectivity index (χ2n) is 4.54. The van der Waals surface area contributed by atoms with Crippen molar-refractivity contribution in [2.75, 3.05) is 6.54 Å². The molecule has 0 unspecified atom stereocenters. The lowest BCUT2D eigenvalue weighted by Crippen LogP contribution is -2.32. The fourth-order valence-corrected chi connectivity index (χ4v) is 2.15. The third kappa shape index (κ3) is 2.55. The molecule has 5 nitrogen and oxygen atoms in total. The monoisotopic (exact) mass is 244 g/mol. The summed E-state index contributed by atoms with van der Waals surface area (Å²) in [6.07, 6.45) is 0.652. The first-order chi connectivity index (χ1) is 7.28. The Labute approximate surface area is 99.3 Å². The van der Waals surface area contributed by atoms with Gasteiger partial charge in [-0.05, 0) is 39.1 Å². The van der Waals surface area contributed by atoms with Crippen LogP contribution in [0.25, 0.3) is 0 Å². The van der Waals surface area contributed by atoms with Gasteiger partial charge in [-0.2, -0.15) is 4.31 Å². The van der Waals surface area contributed by atoms with Gasteiger partial charge in [0.15, 0.2) is 0 Å². The van der Waals surface area contributed by atoms with Crippen LogP contribution in [-0.4, -0.2) is 38.3 Å². The third-order valence-electron chi connectivity index (χ3n) is 1.83. The van der Waals surface area contributed by atoms with Gasteiger partial charge in [-0.3, -0.25) is 14.5 Å². The van der Waals surface area contributed by atoms with E-state index in [1.807, 2.05) is 27.7 Å². The molecule has 0 aromatic rings. The van der Waals surface area contributed by atoms with Gasteiger partial charge in [0.2, 0.25) is 0 Å². The van der Waals surface area contributed by atoms with E-state index in [1.54, 1.807) is 0 Å². The minimum absolute atomic E-state index is 0.284. The Morgan fingerprint density at radius 3 is 2.12 bits per heavy atom. The van der Waals surface area contributed by atoms with Crippen molar-refractivity contribution in [3.63, 3.8) is 0 Å². The predicted molar refractivity (Wildman–Crippen MR) is 61.6 cm³/mol. The zero-order valence-electron chi connectivity index (χ0n) is 9.94. The van der Waals surface area contributed by atoms with E-state index in [4.69, 9.17) is 0 Å². The number of urea groups is 1. The van der Waals surface area contributed by atoms with E-state index in [-0.39, 0.29) is 4.75 Å². The Morgan fingerprint density at radius 1 is 1.12 bits per heavy atom. The van der Waals surface area contributed by atoms with Crippen LogP contribution in [-0.2, 0) is 9.59 Å². The Bertz CT molecular complexity index is 335. The molecular weight excluding hydrogens is 228 g/mol. The molecular formula is C10H16N2O3S. The van der Waals surface area contributed by atoms with E-state index >= 15 is 0 Å². The van der Waals surface area contributed by atoms with Gasteiger partial charge in [0.1, 0.15) is 0 Å². The van der Waals surface area contributed by atoms with Crippen molar-refractivity contribution < 1.29 is 14.4 Å². The number of hydrogen-bond acceptors (Lipinski definition) is 4. The highest BCUT2D eigenvalue weighted by Crippen LogP contribution is 2.31. The van der Waals surface area contributed by atoms with Gasteiger partial charge in [0.05, 0.1) is 0 Å². The highest BCUT2D eigenvalue weighted by molar-refractivity contribution is 7.99. The number of nitrogens with zero attached hydrogens (tertiary/aromatic N) is 2. The van der Waals surface area contributed by atoms with Crippen molar-refractivity contribution >= 4 is 29.8 Å². The zero-order valence-corrected chi connectivity index (χ0v) is 10.8. The molecule has 1 heterocycles. The van der Waals surface area contributed by atoms with E-state index in [0.717, 1.165) is 21.2 Å². The van der Waals surface area contributed by atoms with Crippen LogP contribution in [0.2, 0.25) is 0 Å². The normalized spacial score (nSPS) is 17.6. The summed E-state index contributed by atoms with van der Waals surface area (Å²) in [5.74, 6) is -1.46. The summed E-state index contributed by atoms with van der Waals surface area (Å²) in [5.41, 5.74) is 0. The molecule has 0 radical (unpaired) electrons. The molecule has 0 saturated carbocycles. The van der Waals surface area contributed by atoms with Crippen molar-refractivity contribution in [1.29, 1.82) is 0 Å². The van der Waals surface area contributed by atoms with E-state index < -0.39 is 17.8 Å². The minimum atomic E-state index is -0.738. The Hall–Kier alpha value is -1.04. The summed E-state index contributed by atoms with van der Waals surface area (Å²) in [7, 11) is 0. The molecule has 0 N–H and O–H groups in total. The smallest absolute Gasteiger partial charge is 0.263 e. The number of amides is 4. The standard InChI is InChI=1S/C10H16N2O3S/c1-5-6-11-7(13)8(14)12(9(11)15)16-10(2,3)4/h5-6H2,1-4H3. The number of rotatable bonds is 3. The molecule has 1 aliphatic rings. The molecule has 0 aliphatic carbocycles. The first kappa shape index (κ1) is 13.0. The molecule has 0 bridgehead atoms. The van der Waals surface area contributed by atoms with E-state index in [0.29, 0.717) is 13.0 Å². The number of carbonyl (C=O) groups excluding carboxylic acids is 3. The van der Waals surface area contributed by atoms with E-state index in [1.165, 1.54) is 0 Å². The van der Waals surface area contributed by atoms with Crippen LogP contribution in [0.3, 0.4) is 0 Å². The summed E-state index contributed by atoms with van der Waals surface area (Å²) < 4.78 is 0.672. The van der Waals surface area contributed by atoms with Crippen LogP contribution in [0.4, 0.5) is 4.79 Å². The van der Waals surface area contributed by atoms with Gasteiger partial charge in [-0.25, -0.2) is 4.79 Å². The second kappa shape index (κ2) is 4.45. The Balaban J connectivity index is 2.85. The molecule has 0 atom stereocenters. The van der Waals surface area contributed by atoms with Crippen LogP contribution < -0.4 is 0 Å². The van der Waals surface area contributed by atoms with Crippen molar-refractivity contribution in [2.45, 2.75) is 38.9 Å². The van der Waals surface area contributed by atoms with Gasteiger partial charge in [-0.15, -0.1) is 0 Å². The average molecular weight is 244 g/mol. The fraction of sp³-hybridized carbons (Fsp3) is 0.700. The van der Waals surface area contributed by atoms with Crippen molar-refractivity contribution in [2.24, 2.45) is 0 Å². The van der Waals surface area contributed by atoms with Crippen LogP contribution in [0.5, 0.6) is 0 Å². The zero-order chi connectivity index (χ0) is 12.5. The van der Waals surface area contributed by atoms with Crippen LogP contribution in [0.1, 0.15) is 34.1 Å². The van der Waals surface area contributed by atoms with E-state index in [9.17, 15) is 14.4 Å². The van der Waals surface area contributed by atoms with Crippen molar-refractivity contribution in [3.05, 3.63) is 0 Å². The first-order valence-electron chi connectivity index (χ1n) is 5.17. The predicted octanol–water partition coefficient (Wildman–Crippen LogP) is 1.63. The molecule has 90 valence electrons. The molecule has 0 spiro atoms. The van der Waals surface area contributed by atoms with Crippen LogP contribution in [0.15, 0.2) is 0 Å². The van der Waals surface area contributed by atoms with Crippen LogP contribution in [0, 0.1) is 0 Å².